The van der Waals surface area contributed by atoms with Crippen LogP contribution in [0.25, 0.3) is 0 Å². The lowest BCUT2D eigenvalue weighted by Crippen LogP contribution is -2.56. The first-order valence-corrected chi connectivity index (χ1v) is 10.7. The van der Waals surface area contributed by atoms with Crippen molar-refractivity contribution in [3.05, 3.63) is 17.5 Å². The van der Waals surface area contributed by atoms with E-state index in [1.165, 1.54) is 6.20 Å². The van der Waals surface area contributed by atoms with Crippen molar-refractivity contribution >= 4 is 35.1 Å². The molecule has 2 aliphatic rings. The van der Waals surface area contributed by atoms with E-state index in [9.17, 15) is 9.35 Å². The van der Waals surface area contributed by atoms with Crippen molar-refractivity contribution in [2.75, 3.05) is 36.3 Å². The molecule has 1 amide bonds. The Morgan fingerprint density at radius 2 is 2.14 bits per heavy atom. The molecule has 2 aliphatic heterocycles. The lowest BCUT2D eigenvalue weighted by molar-refractivity contribution is -0.114. The largest absolute Gasteiger partial charge is 0.616 e. The third-order valence-corrected chi connectivity index (χ3v) is 6.77. The summed E-state index contributed by atoms with van der Waals surface area (Å²) in [7, 11) is 0. The van der Waals surface area contributed by atoms with Gasteiger partial charge in [-0.15, -0.1) is 0 Å². The van der Waals surface area contributed by atoms with E-state index in [0.717, 1.165) is 6.21 Å². The van der Waals surface area contributed by atoms with Gasteiger partial charge in [0.15, 0.2) is 16.3 Å². The average molecular weight is 423 g/mol. The highest BCUT2D eigenvalue weighted by Crippen LogP contribution is 2.43. The van der Waals surface area contributed by atoms with Crippen LogP contribution in [0, 0.1) is 5.41 Å². The van der Waals surface area contributed by atoms with Gasteiger partial charge in [0.2, 0.25) is 5.95 Å². The summed E-state index contributed by atoms with van der Waals surface area (Å²) in [6, 6.07) is 0.0796. The van der Waals surface area contributed by atoms with Gasteiger partial charge < -0.3 is 35.4 Å². The number of rotatable bonds is 6. The van der Waals surface area contributed by atoms with E-state index >= 15 is 0 Å². The minimum atomic E-state index is -1.24. The van der Waals surface area contributed by atoms with Gasteiger partial charge in [0.25, 0.3) is 5.91 Å². The molecule has 1 saturated heterocycles. The van der Waals surface area contributed by atoms with Crippen LogP contribution in [-0.4, -0.2) is 64.8 Å². The molecule has 3 rings (SSSR count). The number of anilines is 2. The molecule has 4 N–H and O–H groups in total. The van der Waals surface area contributed by atoms with E-state index in [2.05, 4.69) is 20.2 Å². The first-order valence-electron chi connectivity index (χ1n) is 9.18. The molecular formula is C18H26N6O4S. The van der Waals surface area contributed by atoms with Crippen molar-refractivity contribution in [2.45, 2.75) is 37.6 Å². The zero-order valence-electron chi connectivity index (χ0n) is 16.9. The minimum absolute atomic E-state index is 0.00961. The number of aromatic nitrogens is 2. The number of carbonyl (C=O) groups excluding carboxylic acids is 1. The molecule has 158 valence electrons. The molecule has 1 aromatic rings. The molecule has 0 radical (unpaired) electrons. The van der Waals surface area contributed by atoms with Gasteiger partial charge in [-0.05, 0) is 31.9 Å². The fourth-order valence-corrected chi connectivity index (χ4v) is 3.68. The van der Waals surface area contributed by atoms with E-state index in [0.29, 0.717) is 37.1 Å². The van der Waals surface area contributed by atoms with E-state index in [1.807, 2.05) is 20.8 Å². The molecular weight excluding hydrogens is 396 g/mol. The zero-order chi connectivity index (χ0) is 21.3. The first kappa shape index (κ1) is 21.3. The predicted octanol–water partition coefficient (Wildman–Crippen LogP) is 0.507. The maximum atomic E-state index is 12.5. The Kier molecular flexibility index (Phi) is 6.01. The van der Waals surface area contributed by atoms with Gasteiger partial charge in [0, 0.05) is 12.4 Å². The summed E-state index contributed by atoms with van der Waals surface area (Å²) in [5.41, 5.74) is 5.72. The maximum Gasteiger partial charge on any atom is 0.251 e. The smallest absolute Gasteiger partial charge is 0.251 e. The first-order chi connectivity index (χ1) is 13.7. The average Bonchev–Trinajstić information content (AvgIpc) is 2.67. The second-order valence-electron chi connectivity index (χ2n) is 7.52. The molecule has 1 aromatic heterocycles. The number of nitrogens with one attached hydrogen (secondary N) is 2. The Labute approximate surface area is 172 Å². The lowest BCUT2D eigenvalue weighted by Gasteiger charge is -2.45. The summed E-state index contributed by atoms with van der Waals surface area (Å²) in [5, 5.41) is 10.1. The van der Waals surface area contributed by atoms with Crippen molar-refractivity contribution in [1.29, 1.82) is 5.41 Å². The van der Waals surface area contributed by atoms with Crippen LogP contribution >= 0.6 is 0 Å². The molecule has 29 heavy (non-hydrogen) atoms. The standard InChI is InChI=1S/C18H26N6O4S/c1-10-7-27-8-12-9-28-13-14(18(2,3)29(4)26)22-17(23-16(13)24(10)12)21-6-11(5-19)15(20)25/h5-6,10,12,19H,7-9H2,1-4H3,(H2,20,25)(H,21,22,23)/b11-6+,19-5?/t10-,12+,29?/m1/s1. The number of carbonyl (C=O) groups is 1. The molecule has 0 spiro atoms. The normalized spacial score (nSPS) is 22.8. The summed E-state index contributed by atoms with van der Waals surface area (Å²) in [4.78, 5) is 22.6. The van der Waals surface area contributed by atoms with Gasteiger partial charge in [-0.2, -0.15) is 4.98 Å². The van der Waals surface area contributed by atoms with Gasteiger partial charge in [-0.1, -0.05) is 0 Å². The number of nitrogens with two attached hydrogens (primary N) is 1. The Morgan fingerprint density at radius 3 is 2.76 bits per heavy atom. The van der Waals surface area contributed by atoms with Crippen LogP contribution < -0.4 is 20.7 Å². The van der Waals surface area contributed by atoms with E-state index < -0.39 is 21.8 Å². The van der Waals surface area contributed by atoms with Crippen LogP contribution in [0.2, 0.25) is 0 Å². The van der Waals surface area contributed by atoms with Crippen LogP contribution in [0.15, 0.2) is 11.8 Å². The van der Waals surface area contributed by atoms with Crippen LogP contribution in [0.1, 0.15) is 26.5 Å². The highest BCUT2D eigenvalue weighted by atomic mass is 32.2. The number of hydrogen-bond donors (Lipinski definition) is 3. The Hall–Kier alpha value is -2.37. The number of morpholine rings is 1. The van der Waals surface area contributed by atoms with Crippen molar-refractivity contribution in [2.24, 2.45) is 5.73 Å². The Morgan fingerprint density at radius 1 is 1.41 bits per heavy atom. The van der Waals surface area contributed by atoms with Gasteiger partial charge >= 0.3 is 0 Å². The summed E-state index contributed by atoms with van der Waals surface area (Å²) in [6.07, 6.45) is 3.74. The predicted molar refractivity (Wildman–Crippen MR) is 111 cm³/mol. The van der Waals surface area contributed by atoms with E-state index in [4.69, 9.17) is 20.6 Å². The second-order valence-corrected chi connectivity index (χ2v) is 9.45. The fraction of sp³-hybridized carbons (Fsp3) is 0.556. The summed E-state index contributed by atoms with van der Waals surface area (Å²) in [5.74, 6) is 0.547. The molecule has 11 heteroatoms. The van der Waals surface area contributed by atoms with Gasteiger partial charge in [-0.3, -0.25) is 4.79 Å². The zero-order valence-corrected chi connectivity index (χ0v) is 17.7. The SMILES string of the molecule is C[C@@H]1COC[C@H]2COc3c(nc(N/C=C(\C=N)C(N)=O)nc3C(C)(C)[S+](C)[O-])N21. The third kappa shape index (κ3) is 4.02. The lowest BCUT2D eigenvalue weighted by atomic mass is 10.0. The summed E-state index contributed by atoms with van der Waals surface area (Å²) in [6.45, 7) is 7.20. The highest BCUT2D eigenvalue weighted by molar-refractivity contribution is 7.91. The minimum Gasteiger partial charge on any atom is -0.616 e. The monoisotopic (exact) mass is 422 g/mol. The van der Waals surface area contributed by atoms with Crippen LogP contribution in [-0.2, 0) is 25.5 Å². The number of fused-ring (bicyclic) bond motifs is 3. The molecule has 3 atom stereocenters. The van der Waals surface area contributed by atoms with Gasteiger partial charge in [-0.25, -0.2) is 4.98 Å². The van der Waals surface area contributed by atoms with Crippen LogP contribution in [0.3, 0.4) is 0 Å². The highest BCUT2D eigenvalue weighted by Gasteiger charge is 2.43. The van der Waals surface area contributed by atoms with Crippen molar-refractivity contribution < 1.29 is 18.8 Å². The molecule has 1 unspecified atom stereocenters. The second kappa shape index (κ2) is 8.17. The molecule has 1 fully saturated rings. The van der Waals surface area contributed by atoms with Gasteiger partial charge in [0.05, 0.1) is 37.1 Å². The van der Waals surface area contributed by atoms with Crippen molar-refractivity contribution in [1.82, 2.24) is 9.97 Å². The number of primary amides is 1. The summed E-state index contributed by atoms with van der Waals surface area (Å²) >= 11 is -1.24. The van der Waals surface area contributed by atoms with Crippen LogP contribution in [0.4, 0.5) is 11.8 Å². The van der Waals surface area contributed by atoms with E-state index in [-0.39, 0.29) is 23.6 Å². The molecule has 0 aliphatic carbocycles. The topological polar surface area (TPSA) is 150 Å². The van der Waals surface area contributed by atoms with E-state index in [1.54, 1.807) is 6.26 Å². The Balaban J connectivity index is 2.13. The molecule has 0 bridgehead atoms. The number of hydrogen-bond acceptors (Lipinski definition) is 9. The number of amides is 1. The van der Waals surface area contributed by atoms with Crippen molar-refractivity contribution in [3.8, 4) is 5.75 Å². The third-order valence-electron chi connectivity index (χ3n) is 5.14. The number of nitrogens with zero attached hydrogens (tertiary/aromatic N) is 3. The number of ether oxygens (including phenoxy) is 2. The molecule has 0 saturated carbocycles. The Bertz CT molecular complexity index is 844. The fourth-order valence-electron chi connectivity index (χ4n) is 3.27. The van der Waals surface area contributed by atoms with Crippen molar-refractivity contribution in [3.63, 3.8) is 0 Å². The molecule has 10 nitrogen and oxygen atoms in total. The maximum absolute atomic E-state index is 12.5. The van der Waals surface area contributed by atoms with Gasteiger partial charge in [0.1, 0.15) is 12.3 Å². The molecule has 3 heterocycles. The quantitative estimate of drug-likeness (QED) is 0.341. The summed E-state index contributed by atoms with van der Waals surface area (Å²) < 4.78 is 23.3. The van der Waals surface area contributed by atoms with Crippen LogP contribution in [0.5, 0.6) is 5.75 Å². The molecule has 0 aromatic carbocycles.